The highest BCUT2D eigenvalue weighted by atomic mass is 35.5. The zero-order valence-electron chi connectivity index (χ0n) is 23.0. The standard InChI is InChI=1S/C29H25ClF2N6O3.CH4.2H2S/c1-16-36-25-14-35-24-13-22(31)19(18-4-3-17(11-21(18)30)41-29-33-7-2-8-34-29)12-20(24)28(25)38(16)26-5-9-37(15-23(26)32)27(40)6-10-39;;;/h2-4,7-8,11-14,23,26,39H,5-6,9-10,15H2,1H3;1H4;2*1H2/t23-,26-;;;/m0.../s1. The molecule has 0 spiro atoms. The smallest absolute Gasteiger partial charge is 0.321 e. The molecular formula is C30H33ClF2N6O3S2. The minimum atomic E-state index is -1.36. The number of aliphatic hydroxyl groups is 1. The van der Waals surface area contributed by atoms with E-state index < -0.39 is 18.0 Å². The van der Waals surface area contributed by atoms with Crippen molar-refractivity contribution in [3.8, 4) is 22.9 Å². The fourth-order valence-corrected chi connectivity index (χ4v) is 5.68. The zero-order chi connectivity index (χ0) is 28.7. The molecule has 5 aromatic rings. The molecule has 1 aliphatic rings. The number of aryl methyl sites for hydroxylation is 1. The lowest BCUT2D eigenvalue weighted by molar-refractivity contribution is -0.134. The number of aliphatic hydroxyl groups excluding tert-OH is 1. The quantitative estimate of drug-likeness (QED) is 0.228. The highest BCUT2D eigenvalue weighted by Gasteiger charge is 2.34. The molecule has 1 aliphatic heterocycles. The third-order valence-corrected chi connectivity index (χ3v) is 7.59. The van der Waals surface area contributed by atoms with Gasteiger partial charge < -0.3 is 19.3 Å². The Morgan fingerprint density at radius 2 is 1.86 bits per heavy atom. The molecule has 1 N–H and O–H groups in total. The molecule has 1 fully saturated rings. The Kier molecular flexibility index (Phi) is 11.5. The van der Waals surface area contributed by atoms with Gasteiger partial charge in [-0.2, -0.15) is 27.0 Å². The van der Waals surface area contributed by atoms with Crippen LogP contribution in [0.3, 0.4) is 0 Å². The average molecular weight is 663 g/mol. The third kappa shape index (κ3) is 6.60. The van der Waals surface area contributed by atoms with E-state index >= 15 is 8.78 Å². The molecular weight excluding hydrogens is 630 g/mol. The monoisotopic (exact) mass is 662 g/mol. The summed E-state index contributed by atoms with van der Waals surface area (Å²) >= 11 is 6.59. The number of nitrogens with zero attached hydrogens (tertiary/aromatic N) is 6. The molecule has 0 aliphatic carbocycles. The molecule has 6 rings (SSSR count). The number of likely N-dealkylation sites (tertiary alicyclic amines) is 1. The van der Waals surface area contributed by atoms with Gasteiger partial charge in [0.05, 0.1) is 41.4 Å². The Bertz CT molecular complexity index is 1780. The highest BCUT2D eigenvalue weighted by Crippen LogP contribution is 2.39. The summed E-state index contributed by atoms with van der Waals surface area (Å²) in [6.07, 6.45) is 3.62. The zero-order valence-corrected chi connectivity index (χ0v) is 25.7. The van der Waals surface area contributed by atoms with Gasteiger partial charge in [-0.25, -0.2) is 23.7 Å². The summed E-state index contributed by atoms with van der Waals surface area (Å²) < 4.78 is 38.5. The maximum Gasteiger partial charge on any atom is 0.321 e. The molecule has 14 heteroatoms. The Labute approximate surface area is 272 Å². The number of carbonyl (C=O) groups excluding carboxylic acids is 1. The first-order valence-corrected chi connectivity index (χ1v) is 13.5. The van der Waals surface area contributed by atoms with Crippen LogP contribution >= 0.6 is 38.6 Å². The predicted octanol–water partition coefficient (Wildman–Crippen LogP) is 6.29. The maximum atomic E-state index is 15.6. The molecule has 2 atom stereocenters. The fraction of sp³-hybridized carbons (Fsp3) is 0.300. The van der Waals surface area contributed by atoms with Crippen molar-refractivity contribution >= 4 is 66.4 Å². The number of amides is 1. The van der Waals surface area contributed by atoms with Gasteiger partial charge in [0.25, 0.3) is 0 Å². The first-order chi connectivity index (χ1) is 19.8. The lowest BCUT2D eigenvalue weighted by atomic mass is 9.99. The van der Waals surface area contributed by atoms with E-state index in [-0.39, 0.29) is 76.5 Å². The molecule has 4 heterocycles. The van der Waals surface area contributed by atoms with Crippen LogP contribution in [0.15, 0.2) is 55.0 Å². The van der Waals surface area contributed by atoms with Crippen molar-refractivity contribution in [2.75, 3.05) is 19.7 Å². The number of pyridine rings is 1. The van der Waals surface area contributed by atoms with E-state index in [0.29, 0.717) is 52.0 Å². The SMILES string of the molecule is C.Cc1nc2cnc3cc(F)c(-c4ccc(Oc5ncccn5)cc4Cl)cc3c2n1[C@H]1CCN(C(=O)CCO)C[C@@H]1F.S.S. The summed E-state index contributed by atoms with van der Waals surface area (Å²) in [5.41, 5.74) is 2.26. The number of hydrogen-bond donors (Lipinski definition) is 1. The lowest BCUT2D eigenvalue weighted by Crippen LogP contribution is -2.45. The topological polar surface area (TPSA) is 106 Å². The Morgan fingerprint density at radius 1 is 1.11 bits per heavy atom. The van der Waals surface area contributed by atoms with Gasteiger partial charge >= 0.3 is 6.01 Å². The van der Waals surface area contributed by atoms with Crippen LogP contribution in [0.4, 0.5) is 8.78 Å². The number of aromatic nitrogens is 5. The number of carbonyl (C=O) groups is 1. The number of piperidine rings is 1. The van der Waals surface area contributed by atoms with Gasteiger partial charge in [0, 0.05) is 54.0 Å². The van der Waals surface area contributed by atoms with Crippen molar-refractivity contribution in [1.29, 1.82) is 0 Å². The van der Waals surface area contributed by atoms with Crippen LogP contribution in [-0.2, 0) is 4.79 Å². The van der Waals surface area contributed by atoms with Crippen molar-refractivity contribution in [2.45, 2.75) is 39.4 Å². The van der Waals surface area contributed by atoms with E-state index in [4.69, 9.17) is 21.4 Å². The number of hydrogen-bond acceptors (Lipinski definition) is 7. The maximum absolute atomic E-state index is 15.6. The van der Waals surface area contributed by atoms with Gasteiger partial charge in [-0.05, 0) is 37.6 Å². The second kappa shape index (κ2) is 14.5. The van der Waals surface area contributed by atoms with Crippen molar-refractivity contribution < 1.29 is 23.4 Å². The summed E-state index contributed by atoms with van der Waals surface area (Å²) in [5, 5.41) is 9.95. The number of imidazole rings is 1. The first-order valence-electron chi connectivity index (χ1n) is 13.1. The second-order valence-electron chi connectivity index (χ2n) is 9.83. The Hall–Kier alpha value is -3.52. The largest absolute Gasteiger partial charge is 0.424 e. The molecule has 0 radical (unpaired) electrons. The molecule has 1 saturated heterocycles. The van der Waals surface area contributed by atoms with Crippen molar-refractivity contribution in [2.24, 2.45) is 0 Å². The molecule has 234 valence electrons. The van der Waals surface area contributed by atoms with Gasteiger partial charge in [0.2, 0.25) is 5.91 Å². The highest BCUT2D eigenvalue weighted by molar-refractivity contribution is 7.59. The number of fused-ring (bicyclic) bond motifs is 3. The Balaban J connectivity index is 0.00000176. The van der Waals surface area contributed by atoms with Gasteiger partial charge in [-0.15, -0.1) is 0 Å². The van der Waals surface area contributed by atoms with Crippen LogP contribution in [0, 0.1) is 12.7 Å². The van der Waals surface area contributed by atoms with E-state index in [0.717, 1.165) is 0 Å². The van der Waals surface area contributed by atoms with Crippen molar-refractivity contribution in [1.82, 2.24) is 29.4 Å². The van der Waals surface area contributed by atoms with Crippen molar-refractivity contribution in [3.05, 3.63) is 71.7 Å². The van der Waals surface area contributed by atoms with E-state index in [1.165, 1.54) is 11.0 Å². The molecule has 0 bridgehead atoms. The summed E-state index contributed by atoms with van der Waals surface area (Å²) in [6, 6.07) is 9.08. The first kappa shape index (κ1) is 35.0. The summed E-state index contributed by atoms with van der Waals surface area (Å²) in [6.45, 7) is 1.78. The number of benzene rings is 2. The Morgan fingerprint density at radius 3 is 2.55 bits per heavy atom. The van der Waals surface area contributed by atoms with Crippen LogP contribution in [0.5, 0.6) is 11.8 Å². The molecule has 0 saturated carbocycles. The summed E-state index contributed by atoms with van der Waals surface area (Å²) in [7, 11) is 0. The van der Waals surface area contributed by atoms with Gasteiger partial charge in [0.1, 0.15) is 29.1 Å². The third-order valence-electron chi connectivity index (χ3n) is 7.28. The van der Waals surface area contributed by atoms with Gasteiger partial charge in [0.15, 0.2) is 0 Å². The molecule has 44 heavy (non-hydrogen) atoms. The number of rotatable bonds is 6. The summed E-state index contributed by atoms with van der Waals surface area (Å²) in [5.74, 6) is 0.181. The van der Waals surface area contributed by atoms with E-state index in [2.05, 4.69) is 19.9 Å². The molecule has 9 nitrogen and oxygen atoms in total. The van der Waals surface area contributed by atoms with Crippen LogP contribution in [0.1, 0.15) is 32.1 Å². The normalized spacial score (nSPS) is 16.2. The molecule has 3 aromatic heterocycles. The minimum Gasteiger partial charge on any atom is -0.424 e. The molecule has 1 amide bonds. The van der Waals surface area contributed by atoms with Crippen LogP contribution in [0.25, 0.3) is 33.1 Å². The van der Waals surface area contributed by atoms with Crippen LogP contribution in [0.2, 0.25) is 5.02 Å². The van der Waals surface area contributed by atoms with Crippen LogP contribution in [-0.4, -0.2) is 66.3 Å². The summed E-state index contributed by atoms with van der Waals surface area (Å²) in [4.78, 5) is 30.8. The van der Waals surface area contributed by atoms with Crippen LogP contribution < -0.4 is 4.74 Å². The number of ether oxygens (including phenoxy) is 1. The lowest BCUT2D eigenvalue weighted by Gasteiger charge is -2.36. The second-order valence-corrected chi connectivity index (χ2v) is 10.2. The van der Waals surface area contributed by atoms with Gasteiger partial charge in [-0.3, -0.25) is 9.78 Å². The van der Waals surface area contributed by atoms with E-state index in [1.54, 1.807) is 55.8 Å². The molecule has 2 aromatic carbocycles. The number of halogens is 3. The molecule has 0 unspecified atom stereocenters. The average Bonchev–Trinajstić information content (AvgIpc) is 3.29. The predicted molar refractivity (Wildman–Crippen MR) is 177 cm³/mol. The van der Waals surface area contributed by atoms with Crippen molar-refractivity contribution in [3.63, 3.8) is 0 Å². The van der Waals surface area contributed by atoms with E-state index in [1.807, 2.05) is 4.57 Å². The number of alkyl halides is 1. The van der Waals surface area contributed by atoms with Gasteiger partial charge in [-0.1, -0.05) is 19.0 Å². The minimum absolute atomic E-state index is 0. The fourth-order valence-electron chi connectivity index (χ4n) is 5.41. The van der Waals surface area contributed by atoms with E-state index in [9.17, 15) is 4.79 Å².